The largest absolute Gasteiger partial charge is 0.490 e. The molecule has 0 unspecified atom stereocenters. The van der Waals surface area contributed by atoms with Crippen LogP contribution in [-0.2, 0) is 19.6 Å². The molecule has 0 bridgehead atoms. The van der Waals surface area contributed by atoms with E-state index >= 15 is 0 Å². The Kier molecular flexibility index (Phi) is 12.2. The zero-order valence-electron chi connectivity index (χ0n) is 22.8. The molecule has 1 fully saturated rings. The van der Waals surface area contributed by atoms with Crippen molar-refractivity contribution in [1.82, 2.24) is 14.7 Å². The molecule has 10 nitrogen and oxygen atoms in total. The molecule has 4 rings (SSSR count). The first kappa shape index (κ1) is 33.3. The summed E-state index contributed by atoms with van der Waals surface area (Å²) in [7, 11) is -1.84. The van der Waals surface area contributed by atoms with E-state index in [1.807, 2.05) is 24.3 Å². The smallest absolute Gasteiger partial charge is 0.475 e. The molecule has 2 aromatic carbocycles. The third-order valence-corrected chi connectivity index (χ3v) is 8.34. The number of carbonyl (C=O) groups is 1. The maximum atomic E-state index is 12.5. The average Bonchev–Trinajstić information content (AvgIpc) is 2.96. The number of methoxy groups -OCH3 is 1. The zero-order valence-corrected chi connectivity index (χ0v) is 24.4. The summed E-state index contributed by atoms with van der Waals surface area (Å²) < 4.78 is 64.7. The van der Waals surface area contributed by atoms with Crippen LogP contribution >= 0.6 is 11.6 Å². The monoisotopic (exact) mass is 631 g/mol. The maximum Gasteiger partial charge on any atom is 0.490 e. The Morgan fingerprint density at radius 3 is 2.19 bits per heavy atom. The SMILES string of the molecule is COCCNc1nc(NCC2CCC(CNS(=O)(=O)c3ccc(Cl)cc3)CC2)nc2ccccc12.O=C(O)C(F)(F)F. The number of rotatable bonds is 11. The van der Waals surface area contributed by atoms with Crippen molar-refractivity contribution in [2.45, 2.75) is 36.8 Å². The lowest BCUT2D eigenvalue weighted by Crippen LogP contribution is -2.32. The summed E-state index contributed by atoms with van der Waals surface area (Å²) in [5.74, 6) is -0.512. The number of benzene rings is 2. The zero-order chi connectivity index (χ0) is 30.8. The van der Waals surface area contributed by atoms with Gasteiger partial charge in [0.1, 0.15) is 5.82 Å². The highest BCUT2D eigenvalue weighted by molar-refractivity contribution is 7.89. The van der Waals surface area contributed by atoms with Crippen LogP contribution in [0.5, 0.6) is 0 Å². The van der Waals surface area contributed by atoms with Crippen molar-refractivity contribution >= 4 is 50.3 Å². The van der Waals surface area contributed by atoms with Crippen molar-refractivity contribution in [3.05, 3.63) is 53.6 Å². The van der Waals surface area contributed by atoms with E-state index < -0.39 is 22.2 Å². The first-order chi connectivity index (χ1) is 19.9. The van der Waals surface area contributed by atoms with Gasteiger partial charge in [0.05, 0.1) is 17.0 Å². The number of hydrogen-bond donors (Lipinski definition) is 4. The molecule has 230 valence electrons. The third-order valence-electron chi connectivity index (χ3n) is 6.65. The number of sulfonamides is 1. The number of fused-ring (bicyclic) bond motifs is 1. The van der Waals surface area contributed by atoms with Gasteiger partial charge in [-0.1, -0.05) is 23.7 Å². The highest BCUT2D eigenvalue weighted by Crippen LogP contribution is 2.29. The number of aliphatic carboxylic acids is 1. The van der Waals surface area contributed by atoms with E-state index in [4.69, 9.17) is 26.2 Å². The predicted octanol–water partition coefficient (Wildman–Crippen LogP) is 5.17. The molecule has 0 amide bonds. The Balaban J connectivity index is 0.000000616. The molecular formula is C27H33ClF3N5O5S. The molecule has 3 aromatic rings. The fourth-order valence-corrected chi connectivity index (χ4v) is 5.60. The second-order valence-corrected chi connectivity index (χ2v) is 11.9. The Morgan fingerprint density at radius 2 is 1.60 bits per heavy atom. The summed E-state index contributed by atoms with van der Waals surface area (Å²) in [5, 5.41) is 15.4. The minimum absolute atomic E-state index is 0.242. The number of alkyl halides is 3. The molecule has 1 aliphatic carbocycles. The van der Waals surface area contributed by atoms with Gasteiger partial charge in [0.2, 0.25) is 16.0 Å². The number of anilines is 2. The van der Waals surface area contributed by atoms with Gasteiger partial charge in [-0.2, -0.15) is 18.2 Å². The van der Waals surface area contributed by atoms with Crippen LogP contribution in [0.2, 0.25) is 5.02 Å². The molecule has 0 radical (unpaired) electrons. The van der Waals surface area contributed by atoms with E-state index in [0.29, 0.717) is 42.5 Å². The van der Waals surface area contributed by atoms with Crippen LogP contribution in [0.4, 0.5) is 24.9 Å². The summed E-state index contributed by atoms with van der Waals surface area (Å²) in [4.78, 5) is 18.5. The third kappa shape index (κ3) is 10.3. The number of hydrogen-bond acceptors (Lipinski definition) is 8. The number of nitrogens with zero attached hydrogens (tertiary/aromatic N) is 2. The van der Waals surface area contributed by atoms with E-state index in [-0.39, 0.29) is 4.90 Å². The summed E-state index contributed by atoms with van der Waals surface area (Å²) in [5.41, 5.74) is 0.890. The van der Waals surface area contributed by atoms with Gasteiger partial charge < -0.3 is 20.5 Å². The minimum atomic E-state index is -5.08. The lowest BCUT2D eigenvalue weighted by atomic mass is 9.82. The van der Waals surface area contributed by atoms with Gasteiger partial charge in [-0.05, 0) is 73.9 Å². The fourth-order valence-electron chi connectivity index (χ4n) is 4.36. The summed E-state index contributed by atoms with van der Waals surface area (Å²) in [6.07, 6.45) is -1.05. The van der Waals surface area contributed by atoms with Crippen LogP contribution in [0.3, 0.4) is 0 Å². The second kappa shape index (κ2) is 15.3. The van der Waals surface area contributed by atoms with Crippen molar-refractivity contribution in [3.8, 4) is 0 Å². The molecule has 0 saturated heterocycles. The molecule has 1 saturated carbocycles. The number of para-hydroxylation sites is 1. The molecular weight excluding hydrogens is 599 g/mol. The van der Waals surface area contributed by atoms with Crippen LogP contribution in [0.15, 0.2) is 53.4 Å². The van der Waals surface area contributed by atoms with Crippen LogP contribution < -0.4 is 15.4 Å². The van der Waals surface area contributed by atoms with Crippen LogP contribution in [0.1, 0.15) is 25.7 Å². The highest BCUT2D eigenvalue weighted by atomic mass is 35.5. The first-order valence-electron chi connectivity index (χ1n) is 13.2. The molecule has 1 heterocycles. The van der Waals surface area contributed by atoms with Gasteiger partial charge in [-0.3, -0.25) is 0 Å². The van der Waals surface area contributed by atoms with Crippen molar-refractivity contribution in [3.63, 3.8) is 0 Å². The summed E-state index contributed by atoms with van der Waals surface area (Å²) in [6.45, 7) is 2.51. The van der Waals surface area contributed by atoms with Crippen molar-refractivity contribution in [2.75, 3.05) is 44.0 Å². The molecule has 15 heteroatoms. The molecule has 1 aliphatic rings. The minimum Gasteiger partial charge on any atom is -0.475 e. The van der Waals surface area contributed by atoms with E-state index in [1.54, 1.807) is 19.2 Å². The topological polar surface area (TPSA) is 143 Å². The van der Waals surface area contributed by atoms with Crippen LogP contribution in [0, 0.1) is 11.8 Å². The Labute approximate surface area is 247 Å². The number of nitrogens with one attached hydrogen (secondary N) is 3. The summed E-state index contributed by atoms with van der Waals surface area (Å²) in [6, 6.07) is 14.2. The van der Waals surface area contributed by atoms with Crippen molar-refractivity contribution < 1.29 is 36.2 Å². The fraction of sp³-hybridized carbons (Fsp3) is 0.444. The number of carboxylic acids is 1. The van der Waals surface area contributed by atoms with E-state index in [2.05, 4.69) is 25.3 Å². The molecule has 1 aromatic heterocycles. The number of aromatic nitrogens is 2. The van der Waals surface area contributed by atoms with Crippen molar-refractivity contribution in [1.29, 1.82) is 0 Å². The Morgan fingerprint density at radius 1 is 1.00 bits per heavy atom. The Hall–Kier alpha value is -3.20. The predicted molar refractivity (Wildman–Crippen MR) is 154 cm³/mol. The average molecular weight is 632 g/mol. The number of carboxylic acid groups (broad SMARTS) is 1. The standard InChI is InChI=1S/C25H32ClN5O3S.C2HF3O2/c1-34-15-14-27-24-22-4-2-3-5-23(22)30-25(31-24)28-16-18-6-8-19(9-7-18)17-29-35(32,33)21-12-10-20(26)11-13-21;3-2(4,5)1(6)7/h2-5,10-13,18-19,29H,6-9,14-17H2,1H3,(H2,27,28,30,31);(H,6,7). The normalized spacial score (nSPS) is 17.3. The van der Waals surface area contributed by atoms with Gasteiger partial charge in [0.15, 0.2) is 0 Å². The number of ether oxygens (including phenoxy) is 1. The lowest BCUT2D eigenvalue weighted by Gasteiger charge is -2.28. The molecule has 0 aliphatic heterocycles. The van der Waals surface area contributed by atoms with Gasteiger partial charge in [-0.15, -0.1) is 0 Å². The van der Waals surface area contributed by atoms with Gasteiger partial charge in [0.25, 0.3) is 0 Å². The molecule has 4 N–H and O–H groups in total. The quantitative estimate of drug-likeness (QED) is 0.211. The first-order valence-corrected chi connectivity index (χ1v) is 15.0. The van der Waals surface area contributed by atoms with Crippen LogP contribution in [0.25, 0.3) is 10.9 Å². The molecule has 42 heavy (non-hydrogen) atoms. The maximum absolute atomic E-state index is 12.5. The second-order valence-electron chi connectivity index (χ2n) is 9.71. The summed E-state index contributed by atoms with van der Waals surface area (Å²) >= 11 is 5.86. The van der Waals surface area contributed by atoms with Gasteiger partial charge in [0, 0.05) is 37.2 Å². The van der Waals surface area contributed by atoms with Crippen molar-refractivity contribution in [2.24, 2.45) is 11.8 Å². The Bertz CT molecular complexity index is 1420. The van der Waals surface area contributed by atoms with E-state index in [1.165, 1.54) is 12.1 Å². The van der Waals surface area contributed by atoms with Crippen LogP contribution in [-0.4, -0.2) is 69.0 Å². The highest BCUT2D eigenvalue weighted by Gasteiger charge is 2.38. The van der Waals surface area contributed by atoms with Gasteiger partial charge >= 0.3 is 12.1 Å². The molecule has 0 atom stereocenters. The van der Waals surface area contributed by atoms with E-state index in [0.717, 1.165) is 48.9 Å². The molecule has 0 spiro atoms. The lowest BCUT2D eigenvalue weighted by molar-refractivity contribution is -0.192. The van der Waals surface area contributed by atoms with Gasteiger partial charge in [-0.25, -0.2) is 22.9 Å². The number of halogens is 4. The van der Waals surface area contributed by atoms with E-state index in [9.17, 15) is 21.6 Å².